The smallest absolute Gasteiger partial charge is 0.285 e. The Labute approximate surface area is 194 Å². The molecule has 2 aromatic heterocycles. The van der Waals surface area contributed by atoms with Crippen molar-refractivity contribution in [2.24, 2.45) is 0 Å². The van der Waals surface area contributed by atoms with E-state index in [0.717, 1.165) is 11.3 Å². The molecule has 0 spiro atoms. The van der Waals surface area contributed by atoms with Crippen LogP contribution in [0, 0.1) is 0 Å². The molecular weight excluding hydrogens is 442 g/mol. The number of carbonyl (C=O) groups excluding carboxylic acids is 1. The second-order valence-electron chi connectivity index (χ2n) is 8.41. The fourth-order valence-electron chi connectivity index (χ4n) is 3.15. The first-order valence-electron chi connectivity index (χ1n) is 10.2. The SMILES string of the molecule is COc1cc(C(=O)NS(=O)(=O)c2nc(C(C)(C)C)ccc2OC)ccc1Cc1ccccn1. The minimum atomic E-state index is -4.30. The number of hydrogen-bond donors (Lipinski definition) is 1. The van der Waals surface area contributed by atoms with Gasteiger partial charge in [0.05, 0.1) is 14.2 Å². The molecule has 1 N–H and O–H groups in total. The number of pyridine rings is 2. The zero-order chi connectivity index (χ0) is 24.2. The van der Waals surface area contributed by atoms with E-state index in [-0.39, 0.29) is 16.3 Å². The number of aromatic nitrogens is 2. The molecule has 1 amide bonds. The van der Waals surface area contributed by atoms with Crippen molar-refractivity contribution in [3.8, 4) is 11.5 Å². The summed E-state index contributed by atoms with van der Waals surface area (Å²) >= 11 is 0. The van der Waals surface area contributed by atoms with Gasteiger partial charge >= 0.3 is 0 Å². The lowest BCUT2D eigenvalue weighted by molar-refractivity contribution is 0.0981. The van der Waals surface area contributed by atoms with Crippen molar-refractivity contribution in [1.82, 2.24) is 14.7 Å². The van der Waals surface area contributed by atoms with E-state index in [2.05, 4.69) is 14.7 Å². The molecule has 0 aliphatic rings. The highest BCUT2D eigenvalue weighted by Gasteiger charge is 2.27. The fourth-order valence-corrected chi connectivity index (χ4v) is 4.25. The van der Waals surface area contributed by atoms with Gasteiger partial charge in [-0.15, -0.1) is 0 Å². The number of benzene rings is 1. The van der Waals surface area contributed by atoms with Crippen LogP contribution in [0.4, 0.5) is 0 Å². The minimum Gasteiger partial charge on any atom is -0.496 e. The Morgan fingerprint density at radius 1 is 1.00 bits per heavy atom. The molecule has 8 nitrogen and oxygen atoms in total. The van der Waals surface area contributed by atoms with E-state index in [9.17, 15) is 13.2 Å². The average Bonchev–Trinajstić information content (AvgIpc) is 2.78. The molecule has 0 fully saturated rings. The molecule has 0 saturated carbocycles. The molecule has 0 aliphatic carbocycles. The van der Waals surface area contributed by atoms with Crippen LogP contribution in [0.2, 0.25) is 0 Å². The zero-order valence-electron chi connectivity index (χ0n) is 19.2. The van der Waals surface area contributed by atoms with Crippen molar-refractivity contribution in [2.75, 3.05) is 14.2 Å². The Balaban J connectivity index is 1.89. The number of nitrogens with one attached hydrogen (secondary N) is 1. The number of ether oxygens (including phenoxy) is 2. The van der Waals surface area contributed by atoms with Gasteiger partial charge in [-0.1, -0.05) is 32.9 Å². The molecule has 0 bridgehead atoms. The largest absolute Gasteiger partial charge is 0.496 e. The van der Waals surface area contributed by atoms with Crippen molar-refractivity contribution in [1.29, 1.82) is 0 Å². The number of carbonyl (C=O) groups is 1. The number of methoxy groups -OCH3 is 2. The Bertz CT molecular complexity index is 1250. The molecule has 2 heterocycles. The number of nitrogens with zero attached hydrogens (tertiary/aromatic N) is 2. The first-order valence-corrected chi connectivity index (χ1v) is 11.7. The summed E-state index contributed by atoms with van der Waals surface area (Å²) in [7, 11) is -1.46. The van der Waals surface area contributed by atoms with Crippen molar-refractivity contribution in [2.45, 2.75) is 37.6 Å². The van der Waals surface area contributed by atoms with Crippen LogP contribution in [-0.4, -0.2) is 38.5 Å². The lowest BCUT2D eigenvalue weighted by atomic mass is 9.92. The van der Waals surface area contributed by atoms with E-state index >= 15 is 0 Å². The Kier molecular flexibility index (Phi) is 7.02. The number of rotatable bonds is 7. The number of hydrogen-bond acceptors (Lipinski definition) is 7. The van der Waals surface area contributed by atoms with Crippen LogP contribution >= 0.6 is 0 Å². The first kappa shape index (κ1) is 24.2. The maximum atomic E-state index is 13.0. The first-order chi connectivity index (χ1) is 15.5. The molecule has 0 aliphatic heterocycles. The Morgan fingerprint density at radius 2 is 1.73 bits per heavy atom. The van der Waals surface area contributed by atoms with Crippen molar-refractivity contribution in [3.05, 3.63) is 77.2 Å². The Morgan fingerprint density at radius 3 is 2.33 bits per heavy atom. The van der Waals surface area contributed by atoms with Crippen LogP contribution in [0.15, 0.2) is 59.8 Å². The molecule has 0 atom stereocenters. The third-order valence-corrected chi connectivity index (χ3v) is 6.20. The molecule has 9 heteroatoms. The molecule has 0 unspecified atom stereocenters. The predicted octanol–water partition coefficient (Wildman–Crippen LogP) is 3.50. The fraction of sp³-hybridized carbons (Fsp3) is 0.292. The van der Waals surface area contributed by atoms with Gasteiger partial charge in [0.2, 0.25) is 5.03 Å². The van der Waals surface area contributed by atoms with Gasteiger partial charge in [-0.2, -0.15) is 8.42 Å². The van der Waals surface area contributed by atoms with Gasteiger partial charge in [0, 0.05) is 40.5 Å². The summed E-state index contributed by atoms with van der Waals surface area (Å²) in [4.78, 5) is 21.4. The molecule has 3 aromatic rings. The quantitative estimate of drug-likeness (QED) is 0.564. The summed E-state index contributed by atoms with van der Waals surface area (Å²) in [6.07, 6.45) is 2.20. The van der Waals surface area contributed by atoms with Crippen LogP contribution in [0.5, 0.6) is 11.5 Å². The lowest BCUT2D eigenvalue weighted by Gasteiger charge is -2.19. The predicted molar refractivity (Wildman–Crippen MR) is 124 cm³/mol. The average molecular weight is 470 g/mol. The monoisotopic (exact) mass is 469 g/mol. The minimum absolute atomic E-state index is 0.0478. The van der Waals surface area contributed by atoms with Gasteiger partial charge in [-0.3, -0.25) is 9.78 Å². The van der Waals surface area contributed by atoms with Gasteiger partial charge in [-0.05, 0) is 36.4 Å². The van der Waals surface area contributed by atoms with Crippen molar-refractivity contribution < 1.29 is 22.7 Å². The highest BCUT2D eigenvalue weighted by Crippen LogP contribution is 2.28. The van der Waals surface area contributed by atoms with Crippen LogP contribution in [0.1, 0.15) is 48.1 Å². The highest BCUT2D eigenvalue weighted by molar-refractivity contribution is 7.90. The van der Waals surface area contributed by atoms with E-state index in [0.29, 0.717) is 17.9 Å². The van der Waals surface area contributed by atoms with E-state index in [1.54, 1.807) is 24.4 Å². The molecule has 1 aromatic carbocycles. The van der Waals surface area contributed by atoms with Gasteiger partial charge in [0.15, 0.2) is 5.75 Å². The van der Waals surface area contributed by atoms with E-state index < -0.39 is 21.3 Å². The Hall–Kier alpha value is -3.46. The van der Waals surface area contributed by atoms with Crippen molar-refractivity contribution >= 4 is 15.9 Å². The van der Waals surface area contributed by atoms with E-state index in [1.807, 2.05) is 39.0 Å². The third-order valence-electron chi connectivity index (χ3n) is 4.94. The maximum Gasteiger partial charge on any atom is 0.285 e. The molecular formula is C24H27N3O5S. The van der Waals surface area contributed by atoms with Gasteiger partial charge in [0.1, 0.15) is 5.75 Å². The van der Waals surface area contributed by atoms with Crippen LogP contribution in [-0.2, 0) is 21.9 Å². The second kappa shape index (κ2) is 9.58. The summed E-state index contributed by atoms with van der Waals surface area (Å²) in [5.41, 5.74) is 1.95. The maximum absolute atomic E-state index is 13.0. The number of sulfonamides is 1. The van der Waals surface area contributed by atoms with Crippen LogP contribution < -0.4 is 14.2 Å². The third kappa shape index (κ3) is 5.67. The topological polar surface area (TPSA) is 107 Å². The molecule has 174 valence electrons. The van der Waals surface area contributed by atoms with Gasteiger partial charge < -0.3 is 9.47 Å². The zero-order valence-corrected chi connectivity index (χ0v) is 20.1. The summed E-state index contributed by atoms with van der Waals surface area (Å²) in [6.45, 7) is 5.74. The normalized spacial score (nSPS) is 11.7. The molecule has 3 rings (SSSR count). The highest BCUT2D eigenvalue weighted by atomic mass is 32.2. The molecule has 33 heavy (non-hydrogen) atoms. The summed E-state index contributed by atoms with van der Waals surface area (Å²) in [6, 6.07) is 13.6. The second-order valence-corrected chi connectivity index (χ2v) is 10.0. The van der Waals surface area contributed by atoms with E-state index in [1.165, 1.54) is 26.4 Å². The van der Waals surface area contributed by atoms with E-state index in [4.69, 9.17) is 9.47 Å². The van der Waals surface area contributed by atoms with Crippen LogP contribution in [0.3, 0.4) is 0 Å². The van der Waals surface area contributed by atoms with Crippen LogP contribution in [0.25, 0.3) is 0 Å². The number of amides is 1. The summed E-state index contributed by atoms with van der Waals surface area (Å²) < 4.78 is 38.7. The lowest BCUT2D eigenvalue weighted by Crippen LogP contribution is -2.32. The summed E-state index contributed by atoms with van der Waals surface area (Å²) in [5, 5.41) is -0.343. The molecule has 0 radical (unpaired) electrons. The van der Waals surface area contributed by atoms with Gasteiger partial charge in [0.25, 0.3) is 15.9 Å². The standard InChI is InChI=1S/C24H27N3O5S/c1-24(2,3)21-12-11-19(31-4)23(26-21)33(29,30)27-22(28)17-10-9-16(20(15-17)32-5)14-18-8-6-7-13-25-18/h6-13,15H,14H2,1-5H3,(H,27,28). The molecule has 0 saturated heterocycles. The van der Waals surface area contributed by atoms with Crippen molar-refractivity contribution in [3.63, 3.8) is 0 Å². The van der Waals surface area contributed by atoms with Gasteiger partial charge in [-0.25, -0.2) is 9.71 Å². The summed E-state index contributed by atoms with van der Waals surface area (Å²) in [5.74, 6) is -0.301.